The maximum atomic E-state index is 12.2. The molecule has 8 heteroatoms. The number of rotatable bonds is 8. The Balaban J connectivity index is 1.91. The van der Waals surface area contributed by atoms with Crippen LogP contribution >= 0.6 is 12.2 Å². The lowest BCUT2D eigenvalue weighted by atomic mass is 10.1. The molecular weight excluding hydrogens is 372 g/mol. The van der Waals surface area contributed by atoms with Crippen LogP contribution in [0.3, 0.4) is 0 Å². The van der Waals surface area contributed by atoms with E-state index in [2.05, 4.69) is 29.5 Å². The summed E-state index contributed by atoms with van der Waals surface area (Å²) in [5, 5.41) is 6.69. The molecule has 0 saturated carbocycles. The Bertz CT molecular complexity index is 725. The van der Waals surface area contributed by atoms with Crippen LogP contribution in [-0.2, 0) is 0 Å². The van der Waals surface area contributed by atoms with Gasteiger partial charge in [-0.1, -0.05) is 0 Å². The van der Waals surface area contributed by atoms with Crippen LogP contribution in [0.4, 0.5) is 14.5 Å². The Kier molecular flexibility index (Phi) is 7.75. The molecule has 0 saturated heterocycles. The van der Waals surface area contributed by atoms with Gasteiger partial charge in [0.2, 0.25) is 0 Å². The summed E-state index contributed by atoms with van der Waals surface area (Å²) < 4.78 is 33.9. The molecule has 0 fully saturated rings. The third-order valence-corrected chi connectivity index (χ3v) is 4.27. The summed E-state index contributed by atoms with van der Waals surface area (Å²) in [5.74, 6) is 0.917. The molecule has 3 N–H and O–H groups in total. The molecule has 0 heterocycles. The van der Waals surface area contributed by atoms with Gasteiger partial charge in [-0.3, -0.25) is 0 Å². The summed E-state index contributed by atoms with van der Waals surface area (Å²) in [4.78, 5) is 1.25. The van der Waals surface area contributed by atoms with Crippen molar-refractivity contribution in [2.24, 2.45) is 0 Å². The van der Waals surface area contributed by atoms with E-state index in [0.29, 0.717) is 17.3 Å². The predicted molar refractivity (Wildman–Crippen MR) is 106 cm³/mol. The fraction of sp³-hybridized carbons (Fsp3) is 0.316. The Morgan fingerprint density at radius 2 is 1.63 bits per heavy atom. The molecule has 0 aromatic heterocycles. The van der Waals surface area contributed by atoms with Gasteiger partial charge in [-0.15, -0.1) is 0 Å². The van der Waals surface area contributed by atoms with E-state index >= 15 is 0 Å². The minimum atomic E-state index is -2.84. The van der Waals surface area contributed by atoms with E-state index in [1.165, 1.54) is 22.6 Å². The third-order valence-electron chi connectivity index (χ3n) is 4.02. The zero-order valence-electron chi connectivity index (χ0n) is 15.5. The number of methoxy groups -OCH3 is 1. The van der Waals surface area contributed by atoms with Crippen molar-refractivity contribution < 1.29 is 23.2 Å². The number of benzene rings is 2. The normalized spacial score (nSPS) is 12.0. The molecule has 0 spiro atoms. The quantitative estimate of drug-likeness (QED) is 0.599. The molecule has 2 aromatic carbocycles. The smallest absolute Gasteiger partial charge is 0.387 e. The Labute approximate surface area is 163 Å². The van der Waals surface area contributed by atoms with Gasteiger partial charge in [-0.25, -0.2) is 0 Å². The lowest BCUT2D eigenvalue weighted by Gasteiger charge is -2.23. The number of halogens is 2. The number of hydrogen-bond acceptors (Lipinski definition) is 3. The van der Waals surface area contributed by atoms with Gasteiger partial charge in [0.25, 0.3) is 0 Å². The number of thiocarbonyl (C=S) groups is 1. The van der Waals surface area contributed by atoms with Crippen LogP contribution in [-0.4, -0.2) is 39.5 Å². The van der Waals surface area contributed by atoms with Crippen LogP contribution in [0.1, 0.15) is 11.6 Å². The second kappa shape index (κ2) is 10.0. The molecule has 2 aromatic rings. The van der Waals surface area contributed by atoms with Crippen molar-refractivity contribution in [2.75, 3.05) is 33.1 Å². The van der Waals surface area contributed by atoms with Crippen molar-refractivity contribution >= 4 is 23.0 Å². The molecule has 0 aliphatic carbocycles. The van der Waals surface area contributed by atoms with Crippen LogP contribution in [0.25, 0.3) is 0 Å². The Hall–Kier alpha value is -2.45. The van der Waals surface area contributed by atoms with Gasteiger partial charge in [0.15, 0.2) is 5.11 Å². The van der Waals surface area contributed by atoms with Crippen LogP contribution < -0.4 is 25.0 Å². The topological polar surface area (TPSA) is 47.0 Å². The van der Waals surface area contributed by atoms with Crippen molar-refractivity contribution in [1.82, 2.24) is 5.32 Å². The summed E-state index contributed by atoms with van der Waals surface area (Å²) in [7, 11) is 5.80. The van der Waals surface area contributed by atoms with Gasteiger partial charge in [0.1, 0.15) is 17.5 Å². The van der Waals surface area contributed by atoms with E-state index in [1.54, 1.807) is 19.2 Å². The van der Waals surface area contributed by atoms with E-state index < -0.39 is 6.61 Å². The van der Waals surface area contributed by atoms with Crippen molar-refractivity contribution in [2.45, 2.75) is 12.7 Å². The molecule has 2 rings (SSSR count). The first kappa shape index (κ1) is 20.9. The molecule has 0 unspecified atom stereocenters. The molecule has 0 bridgehead atoms. The van der Waals surface area contributed by atoms with Crippen LogP contribution in [0.2, 0.25) is 0 Å². The van der Waals surface area contributed by atoms with Crippen molar-refractivity contribution in [3.8, 4) is 11.5 Å². The molecule has 0 aliphatic rings. The summed E-state index contributed by atoms with van der Waals surface area (Å²) in [5.41, 5.74) is 1.85. The number of likely N-dealkylation sites (N-methyl/N-ethyl adjacent to an activating group) is 1. The van der Waals surface area contributed by atoms with Gasteiger partial charge < -0.3 is 25.0 Å². The third kappa shape index (κ3) is 6.65. The number of nitrogens with one attached hydrogen (secondary N) is 3. The fourth-order valence-corrected chi connectivity index (χ4v) is 2.78. The standard InChI is InChI=1S/C19H23F2N3O2S/c1-24(2)17(13-4-8-15(25-3)9-5-13)12-22-19(27)23-14-6-10-16(11-7-14)26-18(20)21/h4-11,17-18H,12H2,1-3H3,(H2,22,23,27)/p+1/t17-/m1/s1. The number of alkyl halides is 2. The lowest BCUT2D eigenvalue weighted by Crippen LogP contribution is -3.07. The monoisotopic (exact) mass is 396 g/mol. The number of quaternary nitrogens is 1. The van der Waals surface area contributed by atoms with E-state index in [0.717, 1.165) is 5.75 Å². The SMILES string of the molecule is COc1ccc([C@@H](CNC(=S)Nc2ccc(OC(F)F)cc2)[NH+](C)C)cc1. The van der Waals surface area contributed by atoms with Gasteiger partial charge >= 0.3 is 6.61 Å². The Morgan fingerprint density at radius 1 is 1.04 bits per heavy atom. The largest absolute Gasteiger partial charge is 0.497 e. The second-order valence-electron chi connectivity index (χ2n) is 6.14. The van der Waals surface area contributed by atoms with E-state index in [1.807, 2.05) is 24.3 Å². The lowest BCUT2D eigenvalue weighted by molar-refractivity contribution is -0.890. The molecule has 0 radical (unpaired) electrons. The molecule has 5 nitrogen and oxygen atoms in total. The predicted octanol–water partition coefficient (Wildman–Crippen LogP) is 2.47. The summed E-state index contributed by atoms with van der Waals surface area (Å²) in [6.07, 6.45) is 0. The molecule has 0 amide bonds. The van der Waals surface area contributed by atoms with Crippen LogP contribution in [0.5, 0.6) is 11.5 Å². The minimum Gasteiger partial charge on any atom is -0.497 e. The number of hydrogen-bond donors (Lipinski definition) is 3. The summed E-state index contributed by atoms with van der Waals surface area (Å²) in [6, 6.07) is 14.3. The summed E-state index contributed by atoms with van der Waals surface area (Å²) >= 11 is 5.33. The highest BCUT2D eigenvalue weighted by Gasteiger charge is 2.18. The average Bonchev–Trinajstić information content (AvgIpc) is 2.63. The first-order valence-corrected chi connectivity index (χ1v) is 8.83. The number of ether oxygens (including phenoxy) is 2. The second-order valence-corrected chi connectivity index (χ2v) is 6.55. The number of anilines is 1. The van der Waals surface area contributed by atoms with Gasteiger partial charge in [-0.05, 0) is 60.7 Å². The maximum Gasteiger partial charge on any atom is 0.387 e. The van der Waals surface area contributed by atoms with E-state index in [4.69, 9.17) is 17.0 Å². The highest BCUT2D eigenvalue weighted by atomic mass is 32.1. The maximum absolute atomic E-state index is 12.2. The molecular formula is C19H24F2N3O2S+. The molecule has 27 heavy (non-hydrogen) atoms. The zero-order chi connectivity index (χ0) is 19.8. The van der Waals surface area contributed by atoms with Crippen LogP contribution in [0.15, 0.2) is 48.5 Å². The first-order chi connectivity index (χ1) is 12.9. The fourth-order valence-electron chi connectivity index (χ4n) is 2.58. The summed E-state index contributed by atoms with van der Waals surface area (Å²) in [6.45, 7) is -2.21. The van der Waals surface area contributed by atoms with Gasteiger partial charge in [0.05, 0.1) is 27.7 Å². The molecule has 0 aliphatic heterocycles. The van der Waals surface area contributed by atoms with Crippen LogP contribution in [0, 0.1) is 0 Å². The highest BCUT2D eigenvalue weighted by molar-refractivity contribution is 7.80. The zero-order valence-corrected chi connectivity index (χ0v) is 16.3. The average molecular weight is 396 g/mol. The van der Waals surface area contributed by atoms with E-state index in [9.17, 15) is 8.78 Å². The van der Waals surface area contributed by atoms with Crippen molar-refractivity contribution in [3.63, 3.8) is 0 Å². The van der Waals surface area contributed by atoms with Crippen molar-refractivity contribution in [1.29, 1.82) is 0 Å². The minimum absolute atomic E-state index is 0.102. The van der Waals surface area contributed by atoms with Crippen molar-refractivity contribution in [3.05, 3.63) is 54.1 Å². The molecule has 1 atom stereocenters. The highest BCUT2D eigenvalue weighted by Crippen LogP contribution is 2.18. The van der Waals surface area contributed by atoms with E-state index in [-0.39, 0.29) is 11.8 Å². The van der Waals surface area contributed by atoms with Gasteiger partial charge in [0, 0.05) is 11.3 Å². The Morgan fingerprint density at radius 3 is 2.15 bits per heavy atom. The van der Waals surface area contributed by atoms with Gasteiger partial charge in [-0.2, -0.15) is 8.78 Å². The molecule has 146 valence electrons. The first-order valence-electron chi connectivity index (χ1n) is 8.42.